The van der Waals surface area contributed by atoms with E-state index in [2.05, 4.69) is 38.2 Å². The van der Waals surface area contributed by atoms with Gasteiger partial charge in [-0.15, -0.1) is 0 Å². The van der Waals surface area contributed by atoms with Crippen LogP contribution in [-0.2, 0) is 14.3 Å². The van der Waals surface area contributed by atoms with Gasteiger partial charge in [0.1, 0.15) is 6.10 Å². The van der Waals surface area contributed by atoms with Crippen molar-refractivity contribution in [1.82, 2.24) is 5.32 Å². The van der Waals surface area contributed by atoms with Gasteiger partial charge in [0.05, 0.1) is 25.2 Å². The summed E-state index contributed by atoms with van der Waals surface area (Å²) in [6.45, 7) is 6.48. The van der Waals surface area contributed by atoms with Gasteiger partial charge in [-0.25, -0.2) is 0 Å². The van der Waals surface area contributed by atoms with Crippen LogP contribution in [0.25, 0.3) is 0 Å². The molecule has 0 aliphatic heterocycles. The summed E-state index contributed by atoms with van der Waals surface area (Å²) in [4.78, 5) is 26.0. The highest BCUT2D eigenvalue weighted by molar-refractivity contribution is 5.77. The van der Waals surface area contributed by atoms with E-state index in [4.69, 9.17) is 4.74 Å². The van der Waals surface area contributed by atoms with Gasteiger partial charge in [-0.3, -0.25) is 9.59 Å². The van der Waals surface area contributed by atoms with Crippen LogP contribution >= 0.6 is 0 Å². The van der Waals surface area contributed by atoms with Gasteiger partial charge in [-0.05, 0) is 51.4 Å². The number of hydrogen-bond acceptors (Lipinski definition) is 5. The van der Waals surface area contributed by atoms with E-state index in [0.717, 1.165) is 51.4 Å². The number of carbonyl (C=O) groups is 2. The number of esters is 1. The highest BCUT2D eigenvalue weighted by Crippen LogP contribution is 2.18. The quantitative estimate of drug-likeness (QED) is 0.0324. The zero-order valence-electron chi connectivity index (χ0n) is 37.8. The van der Waals surface area contributed by atoms with Gasteiger partial charge in [-0.2, -0.15) is 0 Å². The fourth-order valence-corrected chi connectivity index (χ4v) is 7.78. The molecule has 1 amide bonds. The molecule has 0 rings (SSSR count). The number of rotatable bonds is 45. The second-order valence-corrected chi connectivity index (χ2v) is 17.2. The fraction of sp³-hybridized carbons (Fsp3) is 0.920. The van der Waals surface area contributed by atoms with Crippen LogP contribution in [0.1, 0.15) is 271 Å². The van der Waals surface area contributed by atoms with Crippen LogP contribution in [0.2, 0.25) is 0 Å². The highest BCUT2D eigenvalue weighted by atomic mass is 16.5. The van der Waals surface area contributed by atoms with Gasteiger partial charge in [0.2, 0.25) is 5.91 Å². The highest BCUT2D eigenvalue weighted by Gasteiger charge is 2.24. The zero-order chi connectivity index (χ0) is 41.0. The average molecular weight is 792 g/mol. The van der Waals surface area contributed by atoms with E-state index >= 15 is 0 Å². The van der Waals surface area contributed by atoms with Gasteiger partial charge in [0.25, 0.3) is 0 Å². The number of nitrogens with one attached hydrogen (secondary N) is 1. The molecule has 332 valence electrons. The summed E-state index contributed by atoms with van der Waals surface area (Å²) in [6.07, 6.45) is 48.4. The van der Waals surface area contributed by atoms with Crippen molar-refractivity contribution >= 4 is 11.9 Å². The molecule has 56 heavy (non-hydrogen) atoms. The fourth-order valence-electron chi connectivity index (χ4n) is 7.78. The molecule has 0 radical (unpaired) electrons. The zero-order valence-corrected chi connectivity index (χ0v) is 37.8. The lowest BCUT2D eigenvalue weighted by Gasteiger charge is -2.24. The van der Waals surface area contributed by atoms with Crippen molar-refractivity contribution in [3.63, 3.8) is 0 Å². The lowest BCUT2D eigenvalue weighted by molar-refractivity contribution is -0.151. The van der Waals surface area contributed by atoms with E-state index in [9.17, 15) is 19.8 Å². The first-order valence-electron chi connectivity index (χ1n) is 24.9. The number of aliphatic hydroxyl groups is 2. The Labute approximate surface area is 349 Å². The molecule has 0 spiro atoms. The normalized spacial score (nSPS) is 13.3. The van der Waals surface area contributed by atoms with Gasteiger partial charge < -0.3 is 20.3 Å². The molecule has 0 aromatic heterocycles. The molecule has 0 aliphatic rings. The molecule has 0 bridgehead atoms. The third-order valence-corrected chi connectivity index (χ3v) is 11.6. The predicted octanol–water partition coefficient (Wildman–Crippen LogP) is 14.6. The maximum atomic E-state index is 13.1. The molecule has 0 aromatic carbocycles. The Morgan fingerprint density at radius 1 is 0.500 bits per heavy atom. The van der Waals surface area contributed by atoms with Crippen molar-refractivity contribution < 1.29 is 24.5 Å². The largest absolute Gasteiger partial charge is 0.462 e. The molecule has 0 saturated carbocycles. The molecule has 0 aromatic rings. The Balaban J connectivity index is 4.50. The SMILES string of the molecule is CCCCCCCC/C=C\CCCCCC(=O)OC(CCCCCCCCCCCC)CC(=O)NC(CO)C(O)CCCCCCCCCCCCCCCC. The third-order valence-electron chi connectivity index (χ3n) is 11.6. The van der Waals surface area contributed by atoms with Crippen LogP contribution in [0.4, 0.5) is 0 Å². The molecule has 3 atom stereocenters. The van der Waals surface area contributed by atoms with Gasteiger partial charge >= 0.3 is 5.97 Å². The number of hydrogen-bond donors (Lipinski definition) is 3. The second-order valence-electron chi connectivity index (χ2n) is 17.2. The Kier molecular flexibility index (Phi) is 43.6. The molecule has 0 heterocycles. The molecule has 0 saturated heterocycles. The minimum atomic E-state index is -0.783. The van der Waals surface area contributed by atoms with E-state index in [1.807, 2.05) is 0 Å². The van der Waals surface area contributed by atoms with Crippen LogP contribution in [0.3, 0.4) is 0 Å². The van der Waals surface area contributed by atoms with E-state index in [-0.39, 0.29) is 24.9 Å². The lowest BCUT2D eigenvalue weighted by Crippen LogP contribution is -2.46. The lowest BCUT2D eigenvalue weighted by atomic mass is 10.0. The molecule has 6 heteroatoms. The number of carbonyl (C=O) groups excluding carboxylic acids is 2. The smallest absolute Gasteiger partial charge is 0.306 e. The maximum absolute atomic E-state index is 13.1. The molecule has 0 fully saturated rings. The maximum Gasteiger partial charge on any atom is 0.306 e. The minimum Gasteiger partial charge on any atom is -0.462 e. The molecular weight excluding hydrogens is 695 g/mol. The van der Waals surface area contributed by atoms with E-state index in [0.29, 0.717) is 19.3 Å². The first-order chi connectivity index (χ1) is 27.5. The standard InChI is InChI=1S/C50H97NO5/c1-4-7-10-13-16-19-22-24-26-27-30-33-36-39-42-48(53)47(45-52)51-49(54)44-46(41-38-35-32-29-21-18-15-12-9-6-3)56-50(55)43-40-37-34-31-28-25-23-20-17-14-11-8-5-2/h25,28,46-48,52-53H,4-24,26-27,29-45H2,1-3H3,(H,51,54)/b28-25-. The van der Waals surface area contributed by atoms with Crippen molar-refractivity contribution in [2.75, 3.05) is 6.61 Å². The summed E-state index contributed by atoms with van der Waals surface area (Å²) in [6, 6.07) is -0.696. The Hall–Kier alpha value is -1.40. The predicted molar refractivity (Wildman–Crippen MR) is 241 cm³/mol. The summed E-state index contributed by atoms with van der Waals surface area (Å²) >= 11 is 0. The number of ether oxygens (including phenoxy) is 1. The van der Waals surface area contributed by atoms with Gasteiger partial charge in [0.15, 0.2) is 0 Å². The van der Waals surface area contributed by atoms with Crippen LogP contribution < -0.4 is 5.32 Å². The summed E-state index contributed by atoms with van der Waals surface area (Å²) in [5.41, 5.74) is 0. The summed E-state index contributed by atoms with van der Waals surface area (Å²) in [7, 11) is 0. The molecule has 6 nitrogen and oxygen atoms in total. The number of amides is 1. The third kappa shape index (κ3) is 39.4. The Morgan fingerprint density at radius 2 is 0.857 bits per heavy atom. The van der Waals surface area contributed by atoms with E-state index in [1.165, 1.54) is 173 Å². The van der Waals surface area contributed by atoms with Crippen molar-refractivity contribution in [1.29, 1.82) is 0 Å². The molecular formula is C50H97NO5. The Bertz CT molecular complexity index is 847. The van der Waals surface area contributed by atoms with Crippen molar-refractivity contribution in [3.8, 4) is 0 Å². The molecule has 3 N–H and O–H groups in total. The first kappa shape index (κ1) is 54.6. The summed E-state index contributed by atoms with van der Waals surface area (Å²) < 4.78 is 5.90. The summed E-state index contributed by atoms with van der Waals surface area (Å²) in [5, 5.41) is 23.7. The summed E-state index contributed by atoms with van der Waals surface area (Å²) in [5.74, 6) is -0.480. The molecule has 3 unspecified atom stereocenters. The minimum absolute atomic E-state index is 0.0780. The number of aliphatic hydroxyl groups excluding tert-OH is 2. The topological polar surface area (TPSA) is 95.9 Å². The van der Waals surface area contributed by atoms with Crippen molar-refractivity contribution in [3.05, 3.63) is 12.2 Å². The second kappa shape index (κ2) is 44.7. The van der Waals surface area contributed by atoms with Crippen LogP contribution in [-0.4, -0.2) is 46.9 Å². The van der Waals surface area contributed by atoms with Gasteiger partial charge in [-0.1, -0.05) is 219 Å². The average Bonchev–Trinajstić information content (AvgIpc) is 3.19. The number of unbranched alkanes of at least 4 members (excludes halogenated alkanes) is 31. The van der Waals surface area contributed by atoms with Crippen LogP contribution in [0, 0.1) is 0 Å². The first-order valence-corrected chi connectivity index (χ1v) is 24.9. The van der Waals surface area contributed by atoms with E-state index in [1.54, 1.807) is 0 Å². The van der Waals surface area contributed by atoms with Crippen LogP contribution in [0.15, 0.2) is 12.2 Å². The van der Waals surface area contributed by atoms with Crippen molar-refractivity contribution in [2.24, 2.45) is 0 Å². The van der Waals surface area contributed by atoms with Crippen molar-refractivity contribution in [2.45, 2.75) is 289 Å². The van der Waals surface area contributed by atoms with Gasteiger partial charge in [0, 0.05) is 6.42 Å². The molecule has 0 aliphatic carbocycles. The van der Waals surface area contributed by atoms with E-state index < -0.39 is 18.2 Å². The number of allylic oxidation sites excluding steroid dienone is 2. The van der Waals surface area contributed by atoms with Crippen LogP contribution in [0.5, 0.6) is 0 Å². The monoisotopic (exact) mass is 792 g/mol. The Morgan fingerprint density at radius 3 is 1.27 bits per heavy atom.